The topological polar surface area (TPSA) is 91.5 Å². The van der Waals surface area contributed by atoms with E-state index < -0.39 is 0 Å². The maximum Gasteiger partial charge on any atom is 0.291 e. The number of ether oxygens (including phenoxy) is 2. The van der Waals surface area contributed by atoms with Crippen molar-refractivity contribution >= 4 is 38.0 Å². The first-order chi connectivity index (χ1) is 18.3. The first-order valence-corrected chi connectivity index (χ1v) is 12.3. The molecule has 7 rings (SSSR count). The lowest BCUT2D eigenvalue weighted by Crippen LogP contribution is -2.15. The Hall–Kier alpha value is -4.89. The van der Waals surface area contributed by atoms with Crippen LogP contribution in [0.15, 0.2) is 95.1 Å². The van der Waals surface area contributed by atoms with Crippen molar-refractivity contribution in [1.82, 2.24) is 19.9 Å². The van der Waals surface area contributed by atoms with E-state index in [0.717, 1.165) is 33.3 Å². The minimum atomic E-state index is -0.273. The summed E-state index contributed by atoms with van der Waals surface area (Å²) in [5.74, 6) is 1.34. The third-order valence-electron chi connectivity index (χ3n) is 6.13. The minimum absolute atomic E-state index is 0.196. The quantitative estimate of drug-likeness (QED) is 0.301. The summed E-state index contributed by atoms with van der Waals surface area (Å²) in [6.07, 6.45) is 3.03. The van der Waals surface area contributed by atoms with Crippen LogP contribution < -0.4 is 15.0 Å². The molecular formula is C28H17N5O3S. The molecule has 0 aliphatic carbocycles. The first-order valence-electron chi connectivity index (χ1n) is 11.5. The van der Waals surface area contributed by atoms with Crippen molar-refractivity contribution in [2.24, 2.45) is 5.10 Å². The Balaban J connectivity index is 1.40. The van der Waals surface area contributed by atoms with Gasteiger partial charge < -0.3 is 9.47 Å². The molecule has 0 saturated heterocycles. The third-order valence-corrected chi connectivity index (χ3v) is 7.18. The average Bonchev–Trinajstić information content (AvgIpc) is 3.58. The SMILES string of the molecule is O=c1c2sc3nnc(-c4ccccc4)c(-c4ccccc4)c3c2ncn1N=Cc1ccc2c(c1)OCO2. The predicted octanol–water partition coefficient (Wildman–Crippen LogP) is 5.35. The van der Waals surface area contributed by atoms with Gasteiger partial charge >= 0.3 is 0 Å². The molecule has 1 aliphatic rings. The molecule has 8 nitrogen and oxygen atoms in total. The molecule has 0 atom stereocenters. The van der Waals surface area contributed by atoms with Gasteiger partial charge in [0.2, 0.25) is 6.79 Å². The predicted molar refractivity (Wildman–Crippen MR) is 143 cm³/mol. The Morgan fingerprint density at radius 2 is 1.65 bits per heavy atom. The summed E-state index contributed by atoms with van der Waals surface area (Å²) >= 11 is 1.27. The lowest BCUT2D eigenvalue weighted by molar-refractivity contribution is 0.174. The highest BCUT2D eigenvalue weighted by molar-refractivity contribution is 7.25. The van der Waals surface area contributed by atoms with Crippen molar-refractivity contribution < 1.29 is 9.47 Å². The Labute approximate surface area is 214 Å². The molecule has 0 bridgehead atoms. The van der Waals surface area contributed by atoms with E-state index in [1.54, 1.807) is 6.21 Å². The molecule has 3 aromatic heterocycles. The number of hydrogen-bond donors (Lipinski definition) is 0. The summed E-state index contributed by atoms with van der Waals surface area (Å²) in [5.41, 5.74) is 4.65. The van der Waals surface area contributed by atoms with E-state index in [2.05, 4.69) is 20.3 Å². The maximum absolute atomic E-state index is 13.4. The zero-order valence-corrected chi connectivity index (χ0v) is 20.1. The molecule has 9 heteroatoms. The van der Waals surface area contributed by atoms with Crippen LogP contribution in [0.3, 0.4) is 0 Å². The van der Waals surface area contributed by atoms with E-state index in [1.807, 2.05) is 78.9 Å². The smallest absolute Gasteiger partial charge is 0.291 e. The zero-order chi connectivity index (χ0) is 24.8. The maximum atomic E-state index is 13.4. The zero-order valence-electron chi connectivity index (χ0n) is 19.2. The third kappa shape index (κ3) is 3.64. The summed E-state index contributed by atoms with van der Waals surface area (Å²) < 4.78 is 12.5. The molecule has 0 saturated carbocycles. The first kappa shape index (κ1) is 21.4. The van der Waals surface area contributed by atoms with Gasteiger partial charge in [0.25, 0.3) is 5.56 Å². The highest BCUT2D eigenvalue weighted by Crippen LogP contribution is 2.41. The Bertz CT molecular complexity index is 1880. The molecule has 1 aliphatic heterocycles. The van der Waals surface area contributed by atoms with Gasteiger partial charge in [0.15, 0.2) is 11.5 Å². The molecule has 0 amide bonds. The number of rotatable bonds is 4. The molecule has 37 heavy (non-hydrogen) atoms. The average molecular weight is 504 g/mol. The highest BCUT2D eigenvalue weighted by Gasteiger charge is 2.21. The molecule has 0 N–H and O–H groups in total. The van der Waals surface area contributed by atoms with Crippen LogP contribution in [0, 0.1) is 0 Å². The van der Waals surface area contributed by atoms with Crippen molar-refractivity contribution in [2.75, 3.05) is 6.79 Å². The van der Waals surface area contributed by atoms with Gasteiger partial charge in [-0.1, -0.05) is 60.7 Å². The lowest BCUT2D eigenvalue weighted by atomic mass is 9.97. The van der Waals surface area contributed by atoms with Crippen molar-refractivity contribution in [3.8, 4) is 33.9 Å². The molecule has 0 fully saturated rings. The molecule has 3 aromatic carbocycles. The number of aromatic nitrogens is 4. The molecule has 178 valence electrons. The van der Waals surface area contributed by atoms with Crippen LogP contribution in [0.25, 0.3) is 42.8 Å². The van der Waals surface area contributed by atoms with Crippen molar-refractivity contribution in [3.63, 3.8) is 0 Å². The van der Waals surface area contributed by atoms with Gasteiger partial charge in [-0.25, -0.2) is 4.98 Å². The standard InChI is InChI=1S/C28H17N5O3S/c34-28-26-25(29-15-33(28)30-14-17-11-12-20-21(13-17)36-16-35-20)23-22(18-7-3-1-4-8-18)24(31-32-27(23)37-26)19-9-5-2-6-10-19/h1-15H,16H2. The Kier molecular flexibility index (Phi) is 5.00. The van der Waals surface area contributed by atoms with Gasteiger partial charge in [0, 0.05) is 16.5 Å². The second kappa shape index (κ2) is 8.65. The minimum Gasteiger partial charge on any atom is -0.454 e. The van der Waals surface area contributed by atoms with Gasteiger partial charge in [0.1, 0.15) is 21.6 Å². The summed E-state index contributed by atoms with van der Waals surface area (Å²) in [4.78, 5) is 18.8. The summed E-state index contributed by atoms with van der Waals surface area (Å²) in [7, 11) is 0. The fourth-order valence-corrected chi connectivity index (χ4v) is 5.40. The van der Waals surface area contributed by atoms with E-state index in [1.165, 1.54) is 22.3 Å². The molecule has 0 spiro atoms. The summed E-state index contributed by atoms with van der Waals surface area (Å²) in [5, 5.41) is 14.2. The summed E-state index contributed by atoms with van der Waals surface area (Å²) in [6.45, 7) is 0.196. The fraction of sp³-hybridized carbons (Fsp3) is 0.0357. The van der Waals surface area contributed by atoms with Crippen LogP contribution in [0.5, 0.6) is 11.5 Å². The van der Waals surface area contributed by atoms with E-state index in [-0.39, 0.29) is 12.4 Å². The Morgan fingerprint density at radius 3 is 2.46 bits per heavy atom. The molecular weight excluding hydrogens is 486 g/mol. The van der Waals surface area contributed by atoms with Crippen LogP contribution >= 0.6 is 11.3 Å². The van der Waals surface area contributed by atoms with Gasteiger partial charge in [0.05, 0.1) is 11.7 Å². The van der Waals surface area contributed by atoms with E-state index >= 15 is 0 Å². The van der Waals surface area contributed by atoms with Crippen molar-refractivity contribution in [1.29, 1.82) is 0 Å². The lowest BCUT2D eigenvalue weighted by Gasteiger charge is -2.10. The van der Waals surface area contributed by atoms with E-state index in [0.29, 0.717) is 26.5 Å². The number of benzene rings is 3. The van der Waals surface area contributed by atoms with Crippen molar-refractivity contribution in [2.45, 2.75) is 0 Å². The Morgan fingerprint density at radius 1 is 0.892 bits per heavy atom. The van der Waals surface area contributed by atoms with Crippen LogP contribution in [0.2, 0.25) is 0 Å². The fourth-order valence-electron chi connectivity index (χ4n) is 4.40. The van der Waals surface area contributed by atoms with Crippen molar-refractivity contribution in [3.05, 3.63) is 101 Å². The molecule has 4 heterocycles. The van der Waals surface area contributed by atoms with Gasteiger partial charge in [-0.2, -0.15) is 9.78 Å². The molecule has 0 unspecified atom stereocenters. The molecule has 6 aromatic rings. The van der Waals surface area contributed by atoms with Gasteiger partial charge in [-0.15, -0.1) is 21.5 Å². The number of fused-ring (bicyclic) bond motifs is 4. The summed E-state index contributed by atoms with van der Waals surface area (Å²) in [6, 6.07) is 25.4. The molecule has 0 radical (unpaired) electrons. The largest absolute Gasteiger partial charge is 0.454 e. The number of hydrogen-bond acceptors (Lipinski definition) is 8. The van der Waals surface area contributed by atoms with E-state index in [9.17, 15) is 4.79 Å². The highest BCUT2D eigenvalue weighted by atomic mass is 32.1. The van der Waals surface area contributed by atoms with Crippen LogP contribution in [0.1, 0.15) is 5.56 Å². The number of thiophene rings is 1. The van der Waals surface area contributed by atoms with Crippen LogP contribution in [-0.2, 0) is 0 Å². The number of nitrogens with zero attached hydrogens (tertiary/aromatic N) is 5. The van der Waals surface area contributed by atoms with E-state index in [4.69, 9.17) is 9.47 Å². The monoisotopic (exact) mass is 503 g/mol. The van der Waals surface area contributed by atoms with Crippen LogP contribution in [0.4, 0.5) is 0 Å². The van der Waals surface area contributed by atoms with Gasteiger partial charge in [-0.05, 0) is 29.3 Å². The van der Waals surface area contributed by atoms with Gasteiger partial charge in [-0.3, -0.25) is 4.79 Å². The normalized spacial score (nSPS) is 12.6. The van der Waals surface area contributed by atoms with Crippen LogP contribution in [-0.4, -0.2) is 32.9 Å². The second-order valence-electron chi connectivity index (χ2n) is 8.37. The second-order valence-corrected chi connectivity index (χ2v) is 9.37.